The molecule has 1 fully saturated rings. The van der Waals surface area contributed by atoms with Crippen molar-refractivity contribution in [3.05, 3.63) is 102 Å². The van der Waals surface area contributed by atoms with Gasteiger partial charge >= 0.3 is 5.97 Å². The maximum absolute atomic E-state index is 12.4. The summed E-state index contributed by atoms with van der Waals surface area (Å²) in [6.07, 6.45) is 13.1. The number of rotatable bonds is 6. The van der Waals surface area contributed by atoms with Crippen molar-refractivity contribution in [3.63, 3.8) is 0 Å². The van der Waals surface area contributed by atoms with Gasteiger partial charge in [0, 0.05) is 25.6 Å². The predicted molar refractivity (Wildman–Crippen MR) is 129 cm³/mol. The fourth-order valence-corrected chi connectivity index (χ4v) is 5.50. The first kappa shape index (κ1) is 21.0. The van der Waals surface area contributed by atoms with E-state index in [9.17, 15) is 4.79 Å². The van der Waals surface area contributed by atoms with E-state index in [-0.39, 0.29) is 17.8 Å². The molecule has 164 valence electrons. The molecule has 0 saturated heterocycles. The van der Waals surface area contributed by atoms with Crippen LogP contribution in [0, 0.1) is 17.8 Å². The van der Waals surface area contributed by atoms with Crippen molar-refractivity contribution in [2.24, 2.45) is 17.8 Å². The molecule has 3 heteroatoms. The van der Waals surface area contributed by atoms with Gasteiger partial charge in [0.25, 0.3) is 0 Å². The fourth-order valence-electron chi connectivity index (χ4n) is 5.50. The summed E-state index contributed by atoms with van der Waals surface area (Å²) in [5, 5.41) is 0. The van der Waals surface area contributed by atoms with E-state index in [2.05, 4.69) is 89.9 Å². The molecule has 1 unspecified atom stereocenters. The minimum Gasteiger partial charge on any atom is -0.469 e. The lowest BCUT2D eigenvalue weighted by Crippen LogP contribution is -2.27. The number of methoxy groups -OCH3 is 1. The second-order valence-electron chi connectivity index (χ2n) is 9.19. The Kier molecular flexibility index (Phi) is 6.09. The molecular formula is C29H31NO2. The second-order valence-corrected chi connectivity index (χ2v) is 9.19. The molecule has 1 heterocycles. The molecule has 32 heavy (non-hydrogen) atoms. The van der Waals surface area contributed by atoms with Crippen LogP contribution < -0.4 is 0 Å². The van der Waals surface area contributed by atoms with E-state index >= 15 is 0 Å². The van der Waals surface area contributed by atoms with Crippen LogP contribution in [0.4, 0.5) is 0 Å². The van der Waals surface area contributed by atoms with Gasteiger partial charge in [-0.05, 0) is 46.9 Å². The molecule has 0 bridgehead atoms. The lowest BCUT2D eigenvalue weighted by molar-refractivity contribution is -0.142. The van der Waals surface area contributed by atoms with Crippen molar-refractivity contribution in [1.29, 1.82) is 0 Å². The normalized spacial score (nSPS) is 27.1. The van der Waals surface area contributed by atoms with E-state index in [4.69, 9.17) is 4.74 Å². The predicted octanol–water partition coefficient (Wildman–Crippen LogP) is 5.61. The molecule has 2 aromatic carbocycles. The smallest absolute Gasteiger partial charge is 0.309 e. The quantitative estimate of drug-likeness (QED) is 0.563. The van der Waals surface area contributed by atoms with Crippen LogP contribution >= 0.6 is 0 Å². The number of hydrogen-bond donors (Lipinski definition) is 0. The Balaban J connectivity index is 1.25. The molecule has 3 aliphatic rings. The first-order chi connectivity index (χ1) is 15.7. The maximum Gasteiger partial charge on any atom is 0.309 e. The van der Waals surface area contributed by atoms with E-state index in [0.29, 0.717) is 11.8 Å². The average Bonchev–Trinajstić information content (AvgIpc) is 3.61. The lowest BCUT2D eigenvalue weighted by Gasteiger charge is -2.26. The summed E-state index contributed by atoms with van der Waals surface area (Å²) < 4.78 is 5.12. The Morgan fingerprint density at radius 2 is 1.88 bits per heavy atom. The molecular weight excluding hydrogens is 394 g/mol. The number of ether oxygens (including phenoxy) is 1. The Morgan fingerprint density at radius 1 is 1.06 bits per heavy atom. The summed E-state index contributed by atoms with van der Waals surface area (Å²) in [6, 6.07) is 19.6. The standard InChI is InChI=1S/C29H31NO2/c1-32-29(31)28-26(24-10-6-3-7-11-24)27(28)25-14-12-22(13-15-25)23-16-18-30(19-17-23)20-21-8-4-2-5-9-21/h2-10,12-16,24,26-28H,11,17-20H2,1H3/t24?,26-,27-,28-/m1/s1. The zero-order valence-corrected chi connectivity index (χ0v) is 18.7. The van der Waals surface area contributed by atoms with E-state index in [0.717, 1.165) is 32.5 Å². The lowest BCUT2D eigenvalue weighted by atomic mass is 9.92. The molecule has 1 saturated carbocycles. The van der Waals surface area contributed by atoms with E-state index in [1.807, 2.05) is 0 Å². The van der Waals surface area contributed by atoms with E-state index in [1.165, 1.54) is 29.4 Å². The number of esters is 1. The minimum absolute atomic E-state index is 0.0209. The highest BCUT2D eigenvalue weighted by atomic mass is 16.5. The van der Waals surface area contributed by atoms with Gasteiger partial charge in [-0.1, -0.05) is 85.0 Å². The van der Waals surface area contributed by atoms with Crippen LogP contribution in [0.3, 0.4) is 0 Å². The van der Waals surface area contributed by atoms with Crippen LogP contribution in [0.15, 0.2) is 85.0 Å². The topological polar surface area (TPSA) is 29.5 Å². The first-order valence-corrected chi connectivity index (χ1v) is 11.7. The Hall–Kier alpha value is -2.91. The molecule has 2 aromatic rings. The number of allylic oxidation sites excluding steroid dienone is 4. The average molecular weight is 426 g/mol. The highest BCUT2D eigenvalue weighted by Gasteiger charge is 2.58. The summed E-state index contributed by atoms with van der Waals surface area (Å²) in [6.45, 7) is 3.08. The SMILES string of the molecule is COC(=O)[C@H]1[C@H](c2ccc(C3=CCN(Cc4ccccc4)CC3)cc2)[C@H]1C1C=CC=CC1. The molecule has 3 nitrogen and oxygen atoms in total. The highest BCUT2D eigenvalue weighted by Crippen LogP contribution is 2.59. The van der Waals surface area contributed by atoms with Crippen LogP contribution in [0.25, 0.3) is 5.57 Å². The molecule has 1 aliphatic heterocycles. The van der Waals surface area contributed by atoms with Gasteiger partial charge in [0.05, 0.1) is 13.0 Å². The van der Waals surface area contributed by atoms with Gasteiger partial charge in [0.15, 0.2) is 0 Å². The summed E-state index contributed by atoms with van der Waals surface area (Å²) in [5.41, 5.74) is 5.37. The van der Waals surface area contributed by atoms with Crippen molar-refractivity contribution >= 4 is 11.5 Å². The minimum atomic E-state index is -0.0690. The van der Waals surface area contributed by atoms with Crippen LogP contribution in [0.2, 0.25) is 0 Å². The van der Waals surface area contributed by atoms with Gasteiger partial charge in [-0.2, -0.15) is 0 Å². The summed E-state index contributed by atoms with van der Waals surface area (Å²) >= 11 is 0. The van der Waals surface area contributed by atoms with Crippen LogP contribution in [0.5, 0.6) is 0 Å². The van der Waals surface area contributed by atoms with Crippen molar-refractivity contribution in [2.45, 2.75) is 25.3 Å². The molecule has 4 atom stereocenters. The maximum atomic E-state index is 12.4. The van der Waals surface area contributed by atoms with Gasteiger partial charge in [0.2, 0.25) is 0 Å². The number of carbonyl (C=O) groups is 1. The zero-order valence-electron chi connectivity index (χ0n) is 18.7. The summed E-state index contributed by atoms with van der Waals surface area (Å²) in [4.78, 5) is 14.9. The van der Waals surface area contributed by atoms with Gasteiger partial charge in [-0.15, -0.1) is 0 Å². The third kappa shape index (κ3) is 4.35. The number of benzene rings is 2. The third-order valence-electron chi connectivity index (χ3n) is 7.27. The highest BCUT2D eigenvalue weighted by molar-refractivity contribution is 5.78. The second kappa shape index (κ2) is 9.30. The number of carbonyl (C=O) groups excluding carboxylic acids is 1. The third-order valence-corrected chi connectivity index (χ3v) is 7.27. The number of nitrogens with zero attached hydrogens (tertiary/aromatic N) is 1. The largest absolute Gasteiger partial charge is 0.469 e. The molecule has 0 radical (unpaired) electrons. The van der Waals surface area contributed by atoms with Gasteiger partial charge < -0.3 is 4.74 Å². The Bertz CT molecular complexity index is 1030. The van der Waals surface area contributed by atoms with Crippen molar-refractivity contribution in [1.82, 2.24) is 4.90 Å². The molecule has 5 rings (SSSR count). The molecule has 2 aliphatic carbocycles. The van der Waals surface area contributed by atoms with Crippen LogP contribution in [-0.4, -0.2) is 31.1 Å². The van der Waals surface area contributed by atoms with Crippen molar-refractivity contribution in [3.8, 4) is 0 Å². The molecule has 0 spiro atoms. The van der Waals surface area contributed by atoms with Crippen LogP contribution in [0.1, 0.15) is 35.4 Å². The first-order valence-electron chi connectivity index (χ1n) is 11.7. The van der Waals surface area contributed by atoms with Gasteiger partial charge in [-0.3, -0.25) is 9.69 Å². The van der Waals surface area contributed by atoms with E-state index < -0.39 is 0 Å². The molecule has 0 amide bonds. The zero-order chi connectivity index (χ0) is 21.9. The molecule has 0 aromatic heterocycles. The molecule has 0 N–H and O–H groups in total. The summed E-state index contributed by atoms with van der Waals surface area (Å²) in [5.74, 6) is 0.938. The van der Waals surface area contributed by atoms with Crippen LogP contribution in [-0.2, 0) is 16.1 Å². The van der Waals surface area contributed by atoms with Crippen molar-refractivity contribution in [2.75, 3.05) is 20.2 Å². The number of hydrogen-bond acceptors (Lipinski definition) is 3. The van der Waals surface area contributed by atoms with E-state index in [1.54, 1.807) is 0 Å². The van der Waals surface area contributed by atoms with Crippen molar-refractivity contribution < 1.29 is 9.53 Å². The van der Waals surface area contributed by atoms with Gasteiger partial charge in [-0.25, -0.2) is 0 Å². The monoisotopic (exact) mass is 425 g/mol. The summed E-state index contributed by atoms with van der Waals surface area (Å²) in [7, 11) is 1.51. The Morgan fingerprint density at radius 3 is 2.53 bits per heavy atom. The Labute approximate surface area is 191 Å². The fraction of sp³-hybridized carbons (Fsp3) is 0.345. The van der Waals surface area contributed by atoms with Gasteiger partial charge in [0.1, 0.15) is 0 Å².